The molecule has 5 heteroatoms. The Bertz CT molecular complexity index is 307. The first kappa shape index (κ1) is 25.7. The first-order valence-electron chi connectivity index (χ1n) is 10.7. The summed E-state index contributed by atoms with van der Waals surface area (Å²) < 4.78 is 59.1. The van der Waals surface area contributed by atoms with Gasteiger partial charge in [-0.25, -0.2) is 4.39 Å². The van der Waals surface area contributed by atoms with E-state index in [9.17, 15) is 17.6 Å². The zero-order valence-electron chi connectivity index (χ0n) is 17.1. The van der Waals surface area contributed by atoms with Gasteiger partial charge < -0.3 is 4.74 Å². The number of alkyl halides is 4. The van der Waals surface area contributed by atoms with Gasteiger partial charge in [-0.3, -0.25) is 0 Å². The van der Waals surface area contributed by atoms with Crippen LogP contribution in [0.1, 0.15) is 104 Å². The van der Waals surface area contributed by atoms with Crippen LogP contribution in [0.4, 0.5) is 17.6 Å². The molecule has 0 amide bonds. The van der Waals surface area contributed by atoms with Crippen molar-refractivity contribution < 1.29 is 22.3 Å². The molecule has 3 unspecified atom stereocenters. The third kappa shape index (κ3) is 12.9. The van der Waals surface area contributed by atoms with Crippen molar-refractivity contribution in [2.24, 2.45) is 5.92 Å². The van der Waals surface area contributed by atoms with E-state index in [1.807, 2.05) is 13.8 Å². The molecule has 0 aliphatic heterocycles. The van der Waals surface area contributed by atoms with Crippen molar-refractivity contribution in [2.45, 2.75) is 123 Å². The molecule has 0 aromatic rings. The molecule has 1 nitrogen and oxygen atoms in total. The monoisotopic (exact) mass is 384 g/mol. The molecule has 0 aliphatic rings. The third-order valence-electron chi connectivity index (χ3n) is 5.02. The van der Waals surface area contributed by atoms with Crippen molar-refractivity contribution in [1.29, 1.82) is 0 Å². The van der Waals surface area contributed by atoms with Crippen molar-refractivity contribution in [3.05, 3.63) is 0 Å². The summed E-state index contributed by atoms with van der Waals surface area (Å²) in [5.74, 6) is -1.83. The zero-order chi connectivity index (χ0) is 19.8. The van der Waals surface area contributed by atoms with E-state index in [0.29, 0.717) is 25.9 Å². The third-order valence-corrected chi connectivity index (χ3v) is 5.02. The van der Waals surface area contributed by atoms with Crippen LogP contribution in [-0.4, -0.2) is 25.1 Å². The zero-order valence-corrected chi connectivity index (χ0v) is 17.1. The van der Waals surface area contributed by atoms with Crippen LogP contribution >= 0.6 is 0 Å². The minimum atomic E-state index is -4.45. The maximum absolute atomic E-state index is 14.3. The fraction of sp³-hybridized carbons (Fsp3) is 1.00. The summed E-state index contributed by atoms with van der Waals surface area (Å²) in [6.45, 7) is 6.42. The molecule has 0 aromatic carbocycles. The van der Waals surface area contributed by atoms with Gasteiger partial charge in [0, 0.05) is 6.61 Å². The molecule has 0 radical (unpaired) electrons. The number of ether oxygens (including phenoxy) is 1. The van der Waals surface area contributed by atoms with Crippen LogP contribution in [0.25, 0.3) is 0 Å². The van der Waals surface area contributed by atoms with E-state index in [1.54, 1.807) is 0 Å². The second-order valence-corrected chi connectivity index (χ2v) is 7.37. The van der Waals surface area contributed by atoms with E-state index in [1.165, 1.54) is 32.1 Å². The summed E-state index contributed by atoms with van der Waals surface area (Å²) in [5, 5.41) is 0. The van der Waals surface area contributed by atoms with Crippen molar-refractivity contribution in [2.75, 3.05) is 6.61 Å². The van der Waals surface area contributed by atoms with Crippen LogP contribution in [0.5, 0.6) is 0 Å². The standard InChI is InChI=1S/C21H40F4O/c1-4-7-9-10-11-12-13-14-18(26-6-3)16-17-20(22)19(15-8-5-2)21(23,24)25/h18-20H,4-17H2,1-3H3. The van der Waals surface area contributed by atoms with Gasteiger partial charge in [0.1, 0.15) is 6.17 Å². The second-order valence-electron chi connectivity index (χ2n) is 7.37. The highest BCUT2D eigenvalue weighted by Crippen LogP contribution is 2.36. The number of unbranched alkanes of at least 4 members (excludes halogenated alkanes) is 7. The van der Waals surface area contributed by atoms with E-state index >= 15 is 0 Å². The van der Waals surface area contributed by atoms with Gasteiger partial charge in [0.2, 0.25) is 0 Å². The Balaban J connectivity index is 4.22. The summed E-state index contributed by atoms with van der Waals surface area (Å²) >= 11 is 0. The van der Waals surface area contributed by atoms with Crippen LogP contribution < -0.4 is 0 Å². The lowest BCUT2D eigenvalue weighted by atomic mass is 9.92. The van der Waals surface area contributed by atoms with E-state index in [0.717, 1.165) is 19.3 Å². The average Bonchev–Trinajstić information content (AvgIpc) is 2.57. The Labute approximate surface area is 158 Å². The largest absolute Gasteiger partial charge is 0.394 e. The molecule has 0 aromatic heterocycles. The number of hydrogen-bond acceptors (Lipinski definition) is 1. The second kappa shape index (κ2) is 15.7. The minimum Gasteiger partial charge on any atom is -0.379 e. The van der Waals surface area contributed by atoms with Crippen molar-refractivity contribution >= 4 is 0 Å². The van der Waals surface area contributed by atoms with Crippen LogP contribution in [0.15, 0.2) is 0 Å². The molecule has 0 saturated carbocycles. The molecular weight excluding hydrogens is 344 g/mol. The van der Waals surface area contributed by atoms with E-state index < -0.39 is 18.3 Å². The fourth-order valence-corrected chi connectivity index (χ4v) is 3.40. The fourth-order valence-electron chi connectivity index (χ4n) is 3.40. The topological polar surface area (TPSA) is 9.23 Å². The first-order valence-corrected chi connectivity index (χ1v) is 10.7. The summed E-state index contributed by atoms with van der Waals surface area (Å²) in [5.41, 5.74) is 0. The molecule has 0 N–H and O–H groups in total. The maximum Gasteiger partial charge on any atom is 0.394 e. The Hall–Kier alpha value is -0.320. The van der Waals surface area contributed by atoms with Crippen LogP contribution in [-0.2, 0) is 4.74 Å². The lowest BCUT2D eigenvalue weighted by Gasteiger charge is -2.25. The van der Waals surface area contributed by atoms with Crippen LogP contribution in [0.3, 0.4) is 0 Å². The molecule has 0 bridgehead atoms. The normalized spacial score (nSPS) is 15.8. The molecule has 158 valence electrons. The quantitative estimate of drug-likeness (QED) is 0.182. The summed E-state index contributed by atoms with van der Waals surface area (Å²) in [6.07, 6.45) is 4.04. The molecule has 0 saturated heterocycles. The van der Waals surface area contributed by atoms with Crippen molar-refractivity contribution in [1.82, 2.24) is 0 Å². The Morgan fingerprint density at radius 2 is 1.27 bits per heavy atom. The van der Waals surface area contributed by atoms with Gasteiger partial charge in [-0.1, -0.05) is 71.6 Å². The molecule has 0 rings (SSSR count). The van der Waals surface area contributed by atoms with Gasteiger partial charge in [-0.15, -0.1) is 0 Å². The van der Waals surface area contributed by atoms with Gasteiger partial charge in [0.25, 0.3) is 0 Å². The predicted octanol–water partition coefficient (Wildman–Crippen LogP) is 8.02. The highest BCUT2D eigenvalue weighted by molar-refractivity contribution is 4.77. The maximum atomic E-state index is 14.3. The van der Waals surface area contributed by atoms with Gasteiger partial charge in [-0.2, -0.15) is 13.2 Å². The van der Waals surface area contributed by atoms with Gasteiger partial charge >= 0.3 is 6.18 Å². The molecular formula is C21H40F4O. The number of hydrogen-bond donors (Lipinski definition) is 0. The highest BCUT2D eigenvalue weighted by atomic mass is 19.4. The Kier molecular flexibility index (Phi) is 15.5. The van der Waals surface area contributed by atoms with Crippen molar-refractivity contribution in [3.8, 4) is 0 Å². The SMILES string of the molecule is CCCCCCCCCC(CCC(F)C(CCCC)C(F)(F)F)OCC. The van der Waals surface area contributed by atoms with Crippen LogP contribution in [0.2, 0.25) is 0 Å². The van der Waals surface area contributed by atoms with E-state index in [-0.39, 0.29) is 18.9 Å². The predicted molar refractivity (Wildman–Crippen MR) is 101 cm³/mol. The van der Waals surface area contributed by atoms with E-state index in [4.69, 9.17) is 4.74 Å². The molecule has 0 heterocycles. The highest BCUT2D eigenvalue weighted by Gasteiger charge is 2.44. The molecule has 26 heavy (non-hydrogen) atoms. The Morgan fingerprint density at radius 1 is 0.692 bits per heavy atom. The van der Waals surface area contributed by atoms with Gasteiger partial charge in [-0.05, 0) is 32.6 Å². The smallest absolute Gasteiger partial charge is 0.379 e. The van der Waals surface area contributed by atoms with Crippen molar-refractivity contribution in [3.63, 3.8) is 0 Å². The average molecular weight is 385 g/mol. The van der Waals surface area contributed by atoms with E-state index in [2.05, 4.69) is 6.92 Å². The minimum absolute atomic E-state index is 0.0605. The van der Waals surface area contributed by atoms with Gasteiger partial charge in [0.15, 0.2) is 0 Å². The lowest BCUT2D eigenvalue weighted by Crippen LogP contribution is -2.32. The molecule has 0 spiro atoms. The summed E-state index contributed by atoms with van der Waals surface area (Å²) in [7, 11) is 0. The summed E-state index contributed by atoms with van der Waals surface area (Å²) in [6, 6.07) is 0. The molecule has 0 fully saturated rings. The number of halogens is 4. The number of rotatable bonds is 17. The van der Waals surface area contributed by atoms with Gasteiger partial charge in [0.05, 0.1) is 12.0 Å². The lowest BCUT2D eigenvalue weighted by molar-refractivity contribution is -0.194. The molecule has 3 atom stereocenters. The first-order chi connectivity index (χ1) is 12.4. The van der Waals surface area contributed by atoms with Crippen LogP contribution in [0, 0.1) is 5.92 Å². The molecule has 0 aliphatic carbocycles. The Morgan fingerprint density at radius 3 is 1.81 bits per heavy atom. The summed E-state index contributed by atoms with van der Waals surface area (Å²) in [4.78, 5) is 0.